The Labute approximate surface area is 61.0 Å². The Balaban J connectivity index is 0. The third-order valence-corrected chi connectivity index (χ3v) is 0. The van der Waals surface area contributed by atoms with Crippen LogP contribution in [0.5, 0.6) is 0 Å². The molecule has 0 nitrogen and oxygen atoms in total. The first kappa shape index (κ1) is 44.9. The minimum Gasteiger partial charge on any atom is 0 e. The van der Waals surface area contributed by atoms with Crippen LogP contribution < -0.4 is 0 Å². The van der Waals surface area contributed by atoms with Crippen LogP contribution in [0.15, 0.2) is 0 Å². The summed E-state index contributed by atoms with van der Waals surface area (Å²) in [5.74, 6) is 0. The van der Waals surface area contributed by atoms with E-state index in [0.29, 0.717) is 0 Å². The van der Waals surface area contributed by atoms with Crippen LogP contribution in [0.25, 0.3) is 0 Å². The monoisotopic (exact) mass is 316 g/mol. The summed E-state index contributed by atoms with van der Waals surface area (Å²) in [6.45, 7) is 0. The largest absolute Gasteiger partial charge is 0 e. The fourth-order valence-electron chi connectivity index (χ4n) is 0. The summed E-state index contributed by atoms with van der Waals surface area (Å²) >= 11 is 0. The van der Waals surface area contributed by atoms with E-state index in [2.05, 4.69) is 0 Å². The smallest absolute Gasteiger partial charge is 0 e. The van der Waals surface area contributed by atoms with E-state index in [4.69, 9.17) is 0 Å². The van der Waals surface area contributed by atoms with Crippen LogP contribution in [-0.2, 0) is 22.4 Å². The summed E-state index contributed by atoms with van der Waals surface area (Å²) in [5.41, 5.74) is 0. The van der Waals surface area contributed by atoms with Gasteiger partial charge in [0.25, 0.3) is 0 Å². The van der Waals surface area contributed by atoms with Crippen molar-refractivity contribution in [1.29, 1.82) is 0 Å². The van der Waals surface area contributed by atoms with Crippen molar-refractivity contribution in [3.05, 3.63) is 7.43 Å². The number of hydrogen-bond acceptors (Lipinski definition) is 0. The Bertz CT molecular complexity index is 8.00. The van der Waals surface area contributed by atoms with Gasteiger partial charge < -0.3 is 0 Å². The van der Waals surface area contributed by atoms with E-state index in [-0.39, 0.29) is 61.3 Å². The normalized spacial score (nSPS) is 0. The predicted octanol–water partition coefficient (Wildman–Crippen LogP) is 0.346. The first-order valence-electron chi connectivity index (χ1n) is 0. The zero-order valence-corrected chi connectivity index (χ0v) is 6.52. The Morgan fingerprint density at radius 2 is 1.00 bits per heavy atom. The first-order chi connectivity index (χ1) is 0. The van der Waals surface area contributed by atoms with Gasteiger partial charge in [-0.2, -0.15) is 0 Å². The maximum Gasteiger partial charge on any atom is 0 e. The average Bonchev–Trinajstić information content (AvgIpc) is 0. The van der Waals surface area contributed by atoms with Crippen molar-refractivity contribution in [3.63, 3.8) is 0 Å². The molecule has 0 fully saturated rings. The van der Waals surface area contributed by atoms with Gasteiger partial charge in [0, 0.05) is 61.3 Å². The van der Waals surface area contributed by atoms with Crippen LogP contribution in [0.2, 0.25) is 0 Å². The molecule has 4 heavy (non-hydrogen) atoms. The topological polar surface area (TPSA) is 0 Å². The maximum atomic E-state index is 0. The van der Waals surface area contributed by atoms with Crippen molar-refractivity contribution in [2.24, 2.45) is 0 Å². The van der Waals surface area contributed by atoms with Gasteiger partial charge >= 0.3 is 0 Å². The molecule has 10 radical (unpaired) electrons. The fourth-order valence-corrected chi connectivity index (χ4v) is 0. The van der Waals surface area contributed by atoms with Gasteiger partial charge in [0.15, 0.2) is 0 Å². The molecule has 0 aromatic heterocycles. The van der Waals surface area contributed by atoms with Crippen molar-refractivity contribution in [2.75, 3.05) is 0 Å². The molecule has 0 saturated carbocycles. The van der Waals surface area contributed by atoms with Crippen molar-refractivity contribution in [1.82, 2.24) is 0 Å². The van der Waals surface area contributed by atoms with Gasteiger partial charge in [-0.3, -0.25) is 0 Å². The molecule has 0 heterocycles. The fraction of sp³-hybridized carbons (Fsp3) is 0. The van der Waals surface area contributed by atoms with E-state index in [1.54, 1.807) is 0 Å². The van der Waals surface area contributed by atoms with Gasteiger partial charge in [0.1, 0.15) is 0 Å². The molecule has 0 spiro atoms. The van der Waals surface area contributed by atoms with E-state index in [1.807, 2.05) is 0 Å². The summed E-state index contributed by atoms with van der Waals surface area (Å²) in [4.78, 5) is 0. The van der Waals surface area contributed by atoms with E-state index in [0.717, 1.165) is 0 Å². The second-order valence-corrected chi connectivity index (χ2v) is 0. The van der Waals surface area contributed by atoms with Crippen molar-refractivity contribution in [2.45, 2.75) is 0 Å². The molecule has 0 aromatic rings. The zero-order chi connectivity index (χ0) is 0. The molecule has 0 unspecified atom stereocenters. The summed E-state index contributed by atoms with van der Waals surface area (Å²) in [5, 5.41) is 0. The standard InChI is InChI=1S/C.As.Au.S. The van der Waals surface area contributed by atoms with Crippen LogP contribution in [0.1, 0.15) is 0 Å². The molecule has 0 aliphatic rings. The third kappa shape index (κ3) is 9.42. The molecular formula is CAsAuS. The quantitative estimate of drug-likeness (QED) is 0.566. The molecule has 26 valence electrons. The van der Waals surface area contributed by atoms with Crippen LogP contribution in [-0.4, -0.2) is 18.0 Å². The second kappa shape index (κ2) is 22.8. The van der Waals surface area contributed by atoms with Crippen LogP contribution in [0, 0.1) is 7.43 Å². The van der Waals surface area contributed by atoms with Crippen LogP contribution >= 0.6 is 13.5 Å². The van der Waals surface area contributed by atoms with E-state index in [9.17, 15) is 0 Å². The van der Waals surface area contributed by atoms with E-state index < -0.39 is 0 Å². The van der Waals surface area contributed by atoms with Crippen molar-refractivity contribution in [3.8, 4) is 0 Å². The molecular weight excluding hydrogens is 316 g/mol. The molecule has 0 atom stereocenters. The molecule has 0 amide bonds. The Kier molecular flexibility index (Phi) is 256. The van der Waals surface area contributed by atoms with Gasteiger partial charge in [-0.25, -0.2) is 0 Å². The Hall–Kier alpha value is 1.65. The van der Waals surface area contributed by atoms with Gasteiger partial charge in [0.2, 0.25) is 0 Å². The summed E-state index contributed by atoms with van der Waals surface area (Å²) in [6, 6.07) is 0. The molecule has 0 saturated heterocycles. The molecule has 3 heteroatoms. The number of hydrogen-bond donors (Lipinski definition) is 0. The van der Waals surface area contributed by atoms with Crippen molar-refractivity contribution >= 4 is 31.4 Å². The van der Waals surface area contributed by atoms with Crippen LogP contribution in [0.4, 0.5) is 0 Å². The van der Waals surface area contributed by atoms with Gasteiger partial charge in [-0.15, -0.1) is 0 Å². The SMILES string of the molecule is [As].[Au].[C].[S]. The molecule has 0 aliphatic heterocycles. The summed E-state index contributed by atoms with van der Waals surface area (Å²) in [6.07, 6.45) is 0. The van der Waals surface area contributed by atoms with E-state index >= 15 is 0 Å². The third-order valence-electron chi connectivity index (χ3n) is 0. The average molecular weight is 316 g/mol. The summed E-state index contributed by atoms with van der Waals surface area (Å²) in [7, 11) is 0. The van der Waals surface area contributed by atoms with Gasteiger partial charge in [-0.1, -0.05) is 0 Å². The van der Waals surface area contributed by atoms with E-state index in [1.165, 1.54) is 0 Å². The first-order valence-corrected chi connectivity index (χ1v) is 0. The zero-order valence-electron chi connectivity index (χ0n) is 1.66. The van der Waals surface area contributed by atoms with Crippen LogP contribution in [0.3, 0.4) is 0 Å². The van der Waals surface area contributed by atoms with Gasteiger partial charge in [-0.05, 0) is 0 Å². The second-order valence-electron chi connectivity index (χ2n) is 0. The molecule has 0 aromatic carbocycles. The Morgan fingerprint density at radius 3 is 1.00 bits per heavy atom. The Morgan fingerprint density at radius 1 is 1.00 bits per heavy atom. The predicted molar refractivity (Wildman–Crippen MR) is 16.6 cm³/mol. The molecule has 0 aliphatic carbocycles. The molecule has 0 N–H and O–H groups in total. The summed E-state index contributed by atoms with van der Waals surface area (Å²) < 4.78 is 0. The molecule has 0 rings (SSSR count). The maximum absolute atomic E-state index is 0. The van der Waals surface area contributed by atoms with Crippen molar-refractivity contribution < 1.29 is 22.4 Å². The number of rotatable bonds is 0. The molecule has 0 bridgehead atoms. The minimum absolute atomic E-state index is 0. The minimum atomic E-state index is 0. The van der Waals surface area contributed by atoms with Gasteiger partial charge in [0.05, 0.1) is 0 Å².